The summed E-state index contributed by atoms with van der Waals surface area (Å²) in [5, 5.41) is 2.58. The standard InChI is InChI=1S/C17H16ClF2NOS/c1-10(13-5-3-4-6-14(13)18)23-11(2)17(22)21-16-9-12(19)7-8-15(16)20/h3-11H,1-2H3,(H,21,22). The van der Waals surface area contributed by atoms with Crippen molar-refractivity contribution in [3.63, 3.8) is 0 Å². The summed E-state index contributed by atoms with van der Waals surface area (Å²) in [6.07, 6.45) is 0. The molecular weight excluding hydrogens is 340 g/mol. The van der Waals surface area contributed by atoms with E-state index in [2.05, 4.69) is 5.32 Å². The van der Waals surface area contributed by atoms with Gasteiger partial charge in [0.15, 0.2) is 0 Å². The molecule has 1 N–H and O–H groups in total. The average molecular weight is 356 g/mol. The Labute approximate surface area is 143 Å². The van der Waals surface area contributed by atoms with Crippen LogP contribution in [-0.4, -0.2) is 11.2 Å². The second-order valence-electron chi connectivity index (χ2n) is 5.06. The van der Waals surface area contributed by atoms with Crippen LogP contribution in [0.1, 0.15) is 24.7 Å². The van der Waals surface area contributed by atoms with Gasteiger partial charge in [0.25, 0.3) is 0 Å². The maximum absolute atomic E-state index is 13.6. The van der Waals surface area contributed by atoms with Gasteiger partial charge in [0.2, 0.25) is 5.91 Å². The molecule has 122 valence electrons. The SMILES string of the molecule is CC(SC(C)c1ccccc1Cl)C(=O)Nc1cc(F)ccc1F. The first-order valence-electron chi connectivity index (χ1n) is 7.04. The number of benzene rings is 2. The second-order valence-corrected chi connectivity index (χ2v) is 7.15. The van der Waals surface area contributed by atoms with Gasteiger partial charge in [0.05, 0.1) is 10.9 Å². The third kappa shape index (κ3) is 4.69. The number of hydrogen-bond acceptors (Lipinski definition) is 2. The fourth-order valence-electron chi connectivity index (χ4n) is 2.07. The number of carbonyl (C=O) groups is 1. The van der Waals surface area contributed by atoms with E-state index < -0.39 is 22.8 Å². The zero-order valence-corrected chi connectivity index (χ0v) is 14.2. The van der Waals surface area contributed by atoms with Gasteiger partial charge >= 0.3 is 0 Å². The van der Waals surface area contributed by atoms with Crippen molar-refractivity contribution < 1.29 is 13.6 Å². The Balaban J connectivity index is 2.02. The zero-order valence-electron chi connectivity index (χ0n) is 12.6. The minimum absolute atomic E-state index is 0.0122. The van der Waals surface area contributed by atoms with Crippen molar-refractivity contribution in [1.82, 2.24) is 0 Å². The van der Waals surface area contributed by atoms with Crippen molar-refractivity contribution in [2.75, 3.05) is 5.32 Å². The van der Waals surface area contributed by atoms with Gasteiger partial charge in [-0.15, -0.1) is 11.8 Å². The van der Waals surface area contributed by atoms with Crippen LogP contribution in [0.5, 0.6) is 0 Å². The maximum Gasteiger partial charge on any atom is 0.237 e. The minimum atomic E-state index is -0.670. The molecule has 2 nitrogen and oxygen atoms in total. The van der Waals surface area contributed by atoms with Crippen LogP contribution in [0.3, 0.4) is 0 Å². The van der Waals surface area contributed by atoms with Crippen molar-refractivity contribution in [3.8, 4) is 0 Å². The van der Waals surface area contributed by atoms with E-state index in [0.29, 0.717) is 5.02 Å². The topological polar surface area (TPSA) is 29.1 Å². The smallest absolute Gasteiger partial charge is 0.237 e. The molecule has 23 heavy (non-hydrogen) atoms. The molecule has 2 atom stereocenters. The van der Waals surface area contributed by atoms with E-state index in [4.69, 9.17) is 11.6 Å². The Morgan fingerprint density at radius 2 is 1.87 bits per heavy atom. The number of carbonyl (C=O) groups excluding carboxylic acids is 1. The highest BCUT2D eigenvalue weighted by Crippen LogP contribution is 2.35. The summed E-state index contributed by atoms with van der Waals surface area (Å²) in [7, 11) is 0. The van der Waals surface area contributed by atoms with Gasteiger partial charge in [0.1, 0.15) is 11.6 Å². The molecule has 2 unspecified atom stereocenters. The third-order valence-corrected chi connectivity index (χ3v) is 4.94. The molecule has 0 aromatic heterocycles. The average Bonchev–Trinajstić information content (AvgIpc) is 2.51. The molecule has 0 spiro atoms. The molecule has 6 heteroatoms. The van der Waals surface area contributed by atoms with E-state index in [1.54, 1.807) is 13.0 Å². The lowest BCUT2D eigenvalue weighted by Gasteiger charge is -2.18. The zero-order chi connectivity index (χ0) is 17.0. The first kappa shape index (κ1) is 17.8. The Hall–Kier alpha value is -1.59. The number of hydrogen-bond donors (Lipinski definition) is 1. The summed E-state index contributed by atoms with van der Waals surface area (Å²) in [4.78, 5) is 12.2. The van der Waals surface area contributed by atoms with Gasteiger partial charge in [-0.05, 0) is 37.6 Å². The van der Waals surface area contributed by atoms with E-state index in [9.17, 15) is 13.6 Å². The first-order valence-corrected chi connectivity index (χ1v) is 8.36. The van der Waals surface area contributed by atoms with Crippen molar-refractivity contribution in [1.29, 1.82) is 0 Å². The molecule has 0 bridgehead atoms. The van der Waals surface area contributed by atoms with Crippen LogP contribution < -0.4 is 5.32 Å². The predicted octanol–water partition coefficient (Wildman–Crippen LogP) is 5.44. The minimum Gasteiger partial charge on any atom is -0.323 e. The summed E-state index contributed by atoms with van der Waals surface area (Å²) in [5.41, 5.74) is 0.767. The number of thioether (sulfide) groups is 1. The Morgan fingerprint density at radius 1 is 1.17 bits per heavy atom. The maximum atomic E-state index is 13.6. The molecule has 0 aliphatic carbocycles. The van der Waals surface area contributed by atoms with E-state index in [0.717, 1.165) is 23.8 Å². The molecule has 2 aromatic rings. The van der Waals surface area contributed by atoms with E-state index >= 15 is 0 Å². The molecule has 0 saturated carbocycles. The van der Waals surface area contributed by atoms with Crippen molar-refractivity contribution in [3.05, 3.63) is 64.7 Å². The van der Waals surface area contributed by atoms with Crippen LogP contribution in [-0.2, 0) is 4.79 Å². The van der Waals surface area contributed by atoms with E-state index in [1.807, 2.05) is 25.1 Å². The summed E-state index contributed by atoms with van der Waals surface area (Å²) in [5.74, 6) is -1.67. The molecule has 2 rings (SSSR count). The van der Waals surface area contributed by atoms with Gasteiger partial charge in [-0.1, -0.05) is 29.8 Å². The number of amides is 1. The fourth-order valence-corrected chi connectivity index (χ4v) is 3.58. The highest BCUT2D eigenvalue weighted by atomic mass is 35.5. The number of nitrogens with one attached hydrogen (secondary N) is 1. The lowest BCUT2D eigenvalue weighted by Crippen LogP contribution is -2.23. The van der Waals surface area contributed by atoms with Gasteiger partial charge in [-0.25, -0.2) is 8.78 Å². The predicted molar refractivity (Wildman–Crippen MR) is 91.9 cm³/mol. The lowest BCUT2D eigenvalue weighted by molar-refractivity contribution is -0.115. The summed E-state index contributed by atoms with van der Waals surface area (Å²) in [6.45, 7) is 3.66. The molecule has 0 radical (unpaired) electrons. The second kappa shape index (κ2) is 7.79. The summed E-state index contributed by atoms with van der Waals surface area (Å²) in [6, 6.07) is 10.4. The van der Waals surface area contributed by atoms with Crippen LogP contribution in [0.15, 0.2) is 42.5 Å². The summed E-state index contributed by atoms with van der Waals surface area (Å²) >= 11 is 7.54. The molecule has 2 aromatic carbocycles. The largest absolute Gasteiger partial charge is 0.323 e. The highest BCUT2D eigenvalue weighted by molar-refractivity contribution is 8.00. The number of halogens is 3. The van der Waals surface area contributed by atoms with Gasteiger partial charge in [0, 0.05) is 16.3 Å². The molecule has 0 fully saturated rings. The normalized spacial score (nSPS) is 13.4. The Bertz CT molecular complexity index is 711. The highest BCUT2D eigenvalue weighted by Gasteiger charge is 2.20. The number of anilines is 1. The van der Waals surface area contributed by atoms with Crippen molar-refractivity contribution in [2.24, 2.45) is 0 Å². The van der Waals surface area contributed by atoms with Crippen molar-refractivity contribution in [2.45, 2.75) is 24.3 Å². The molecule has 0 heterocycles. The quantitative estimate of drug-likeness (QED) is 0.773. The van der Waals surface area contributed by atoms with Gasteiger partial charge < -0.3 is 5.32 Å². The van der Waals surface area contributed by atoms with Gasteiger partial charge in [-0.2, -0.15) is 0 Å². The van der Waals surface area contributed by atoms with E-state index in [-0.39, 0.29) is 10.9 Å². The molecule has 0 aliphatic heterocycles. The fraction of sp³-hybridized carbons (Fsp3) is 0.235. The monoisotopic (exact) mass is 355 g/mol. The number of rotatable bonds is 5. The molecular formula is C17H16ClF2NOS. The van der Waals surface area contributed by atoms with Crippen LogP contribution in [0.25, 0.3) is 0 Å². The molecule has 0 aliphatic rings. The lowest BCUT2D eigenvalue weighted by atomic mass is 10.2. The Kier molecular flexibility index (Phi) is 6.02. The molecule has 1 amide bonds. The Morgan fingerprint density at radius 3 is 2.57 bits per heavy atom. The van der Waals surface area contributed by atoms with Crippen LogP contribution in [0.2, 0.25) is 5.02 Å². The van der Waals surface area contributed by atoms with Crippen LogP contribution >= 0.6 is 23.4 Å². The summed E-state index contributed by atoms with van der Waals surface area (Å²) < 4.78 is 26.7. The molecule has 0 saturated heterocycles. The van der Waals surface area contributed by atoms with Crippen LogP contribution in [0.4, 0.5) is 14.5 Å². The van der Waals surface area contributed by atoms with E-state index in [1.165, 1.54) is 11.8 Å². The third-order valence-electron chi connectivity index (χ3n) is 3.31. The van der Waals surface area contributed by atoms with Crippen LogP contribution in [0, 0.1) is 11.6 Å². The van der Waals surface area contributed by atoms with Crippen molar-refractivity contribution >= 4 is 35.0 Å². The first-order chi connectivity index (χ1) is 10.9. The van der Waals surface area contributed by atoms with Gasteiger partial charge in [-0.3, -0.25) is 4.79 Å².